The monoisotopic (exact) mass is 513 g/mol. The molecule has 0 bridgehead atoms. The van der Waals surface area contributed by atoms with Gasteiger partial charge in [0, 0.05) is 10.0 Å². The minimum Gasteiger partial charge on any atom is -0.267 e. The van der Waals surface area contributed by atoms with Crippen LogP contribution >= 0.6 is 15.9 Å². The van der Waals surface area contributed by atoms with E-state index in [1.54, 1.807) is 24.3 Å². The maximum Gasteiger partial charge on any atom is 0.271 e. The number of halogens is 1. The molecule has 0 atom stereocenters. The Bertz CT molecular complexity index is 1220. The normalized spacial score (nSPS) is 11.8. The van der Waals surface area contributed by atoms with Gasteiger partial charge in [-0.15, -0.1) is 0 Å². The lowest BCUT2D eigenvalue weighted by Crippen LogP contribution is -2.29. The summed E-state index contributed by atoms with van der Waals surface area (Å²) in [6, 6.07) is 21.7. The third-order valence-corrected chi connectivity index (χ3v) is 6.52. The Hall–Kier alpha value is -2.97. The first-order valence-corrected chi connectivity index (χ1v) is 12.5. The highest BCUT2D eigenvalue weighted by atomic mass is 79.9. The minimum absolute atomic E-state index is 0.210. The van der Waals surface area contributed by atoms with Gasteiger partial charge in [0.15, 0.2) is 0 Å². The molecule has 0 saturated carbocycles. The summed E-state index contributed by atoms with van der Waals surface area (Å²) >= 11 is 3.39. The lowest BCUT2D eigenvalue weighted by atomic mass is 10.1. The van der Waals surface area contributed by atoms with Crippen LogP contribution in [-0.2, 0) is 16.6 Å². The average molecular weight is 514 g/mol. The van der Waals surface area contributed by atoms with Crippen molar-refractivity contribution in [2.75, 3.05) is 10.6 Å². The van der Waals surface area contributed by atoms with Gasteiger partial charge < -0.3 is 0 Å². The van der Waals surface area contributed by atoms with Gasteiger partial charge in [0.05, 0.1) is 24.2 Å². The Kier molecular flexibility index (Phi) is 7.48. The SMILES string of the molecule is C/C(=N/NC(=O)c1ccc(N(Cc2ccc(C)cc2)S(C)(=O)=O)cc1)c1ccc(Br)cc1. The van der Waals surface area contributed by atoms with Crippen LogP contribution in [0.15, 0.2) is 82.4 Å². The van der Waals surface area contributed by atoms with E-state index in [1.807, 2.05) is 62.4 Å². The zero-order valence-corrected chi connectivity index (χ0v) is 20.4. The second kappa shape index (κ2) is 10.1. The quantitative estimate of drug-likeness (QED) is 0.361. The molecule has 3 rings (SSSR count). The zero-order valence-electron chi connectivity index (χ0n) is 18.0. The number of anilines is 1. The summed E-state index contributed by atoms with van der Waals surface area (Å²) in [7, 11) is -3.51. The minimum atomic E-state index is -3.51. The molecule has 32 heavy (non-hydrogen) atoms. The molecule has 166 valence electrons. The predicted octanol–water partition coefficient (Wildman–Crippen LogP) is 4.88. The van der Waals surface area contributed by atoms with Gasteiger partial charge in [-0.1, -0.05) is 57.9 Å². The molecule has 0 fully saturated rings. The highest BCUT2D eigenvalue weighted by Crippen LogP contribution is 2.21. The fourth-order valence-electron chi connectivity index (χ4n) is 2.99. The number of hydrogen-bond acceptors (Lipinski definition) is 4. The average Bonchev–Trinajstić information content (AvgIpc) is 2.76. The van der Waals surface area contributed by atoms with Crippen molar-refractivity contribution in [3.63, 3.8) is 0 Å². The second-order valence-corrected chi connectivity index (χ2v) is 10.3. The van der Waals surface area contributed by atoms with Crippen LogP contribution in [-0.4, -0.2) is 26.3 Å². The number of carbonyl (C=O) groups excluding carboxylic acids is 1. The second-order valence-electron chi connectivity index (χ2n) is 7.45. The summed E-state index contributed by atoms with van der Waals surface area (Å²) in [5.74, 6) is -0.377. The maximum atomic E-state index is 12.5. The Morgan fingerprint density at radius 3 is 2.06 bits per heavy atom. The van der Waals surface area contributed by atoms with Crippen LogP contribution < -0.4 is 9.73 Å². The van der Waals surface area contributed by atoms with E-state index in [1.165, 1.54) is 10.6 Å². The molecular formula is C24H24BrN3O3S. The van der Waals surface area contributed by atoms with Crippen LogP contribution in [0, 0.1) is 6.92 Å². The van der Waals surface area contributed by atoms with Crippen LogP contribution in [0.1, 0.15) is 34.0 Å². The Morgan fingerprint density at radius 1 is 0.938 bits per heavy atom. The lowest BCUT2D eigenvalue weighted by Gasteiger charge is -2.22. The molecule has 0 aliphatic carbocycles. The van der Waals surface area contributed by atoms with E-state index in [0.29, 0.717) is 17.0 Å². The molecule has 0 spiro atoms. The van der Waals surface area contributed by atoms with E-state index in [0.717, 1.165) is 21.2 Å². The van der Waals surface area contributed by atoms with E-state index in [9.17, 15) is 13.2 Å². The van der Waals surface area contributed by atoms with E-state index in [2.05, 4.69) is 26.5 Å². The fraction of sp³-hybridized carbons (Fsp3) is 0.167. The van der Waals surface area contributed by atoms with Crippen molar-refractivity contribution in [3.05, 3.63) is 99.5 Å². The summed E-state index contributed by atoms with van der Waals surface area (Å²) in [5, 5.41) is 4.16. The Labute approximate surface area is 197 Å². The van der Waals surface area contributed by atoms with Gasteiger partial charge in [-0.05, 0) is 61.4 Å². The number of carbonyl (C=O) groups is 1. The van der Waals surface area contributed by atoms with Crippen LogP contribution in [0.2, 0.25) is 0 Å². The van der Waals surface area contributed by atoms with Crippen molar-refractivity contribution in [1.29, 1.82) is 0 Å². The summed E-state index contributed by atoms with van der Waals surface area (Å²) in [6.07, 6.45) is 1.17. The van der Waals surface area contributed by atoms with Gasteiger partial charge >= 0.3 is 0 Å². The van der Waals surface area contributed by atoms with Crippen LogP contribution in [0.5, 0.6) is 0 Å². The number of aryl methyl sites for hydroxylation is 1. The molecule has 1 amide bonds. The van der Waals surface area contributed by atoms with Gasteiger partial charge in [-0.3, -0.25) is 9.10 Å². The molecule has 6 nitrogen and oxygen atoms in total. The fourth-order valence-corrected chi connectivity index (χ4v) is 4.15. The molecule has 3 aromatic rings. The van der Waals surface area contributed by atoms with Crippen LogP contribution in [0.3, 0.4) is 0 Å². The highest BCUT2D eigenvalue weighted by molar-refractivity contribution is 9.10. The van der Waals surface area contributed by atoms with Gasteiger partial charge in [0.2, 0.25) is 10.0 Å². The van der Waals surface area contributed by atoms with E-state index in [-0.39, 0.29) is 12.5 Å². The first-order valence-electron chi connectivity index (χ1n) is 9.87. The largest absolute Gasteiger partial charge is 0.271 e. The van der Waals surface area contributed by atoms with Crippen molar-refractivity contribution in [1.82, 2.24) is 5.43 Å². The predicted molar refractivity (Wildman–Crippen MR) is 132 cm³/mol. The molecule has 0 heterocycles. The van der Waals surface area contributed by atoms with Crippen molar-refractivity contribution < 1.29 is 13.2 Å². The smallest absolute Gasteiger partial charge is 0.267 e. The molecule has 1 N–H and O–H groups in total. The van der Waals surface area contributed by atoms with Crippen molar-refractivity contribution in [2.45, 2.75) is 20.4 Å². The van der Waals surface area contributed by atoms with Gasteiger partial charge in [-0.25, -0.2) is 13.8 Å². The van der Waals surface area contributed by atoms with Crippen molar-refractivity contribution >= 4 is 43.3 Å². The zero-order chi connectivity index (χ0) is 23.3. The lowest BCUT2D eigenvalue weighted by molar-refractivity contribution is 0.0955. The first-order chi connectivity index (χ1) is 15.1. The molecule has 0 unspecified atom stereocenters. The summed E-state index contributed by atoms with van der Waals surface area (Å²) in [6.45, 7) is 4.00. The topological polar surface area (TPSA) is 78.8 Å². The Balaban J connectivity index is 1.74. The van der Waals surface area contributed by atoms with E-state index >= 15 is 0 Å². The summed E-state index contributed by atoms with van der Waals surface area (Å²) in [5.41, 5.74) is 6.95. The highest BCUT2D eigenvalue weighted by Gasteiger charge is 2.18. The van der Waals surface area contributed by atoms with Crippen molar-refractivity contribution in [2.24, 2.45) is 5.10 Å². The summed E-state index contributed by atoms with van der Waals surface area (Å²) in [4.78, 5) is 12.5. The molecular weight excluding hydrogens is 490 g/mol. The van der Waals surface area contributed by atoms with E-state index < -0.39 is 10.0 Å². The standard InChI is InChI=1S/C24H24BrN3O3S/c1-17-4-6-19(7-5-17)16-28(32(3,30)31)23-14-10-21(11-15-23)24(29)27-26-18(2)20-8-12-22(25)13-9-20/h4-15H,16H2,1-3H3,(H,27,29)/b26-18-. The number of sulfonamides is 1. The number of nitrogens with one attached hydrogen (secondary N) is 1. The molecule has 0 radical (unpaired) electrons. The van der Waals surface area contributed by atoms with Crippen molar-refractivity contribution in [3.8, 4) is 0 Å². The van der Waals surface area contributed by atoms with Gasteiger partial charge in [0.25, 0.3) is 5.91 Å². The van der Waals surface area contributed by atoms with Crippen LogP contribution in [0.4, 0.5) is 5.69 Å². The first kappa shape index (κ1) is 23.7. The molecule has 0 aliphatic heterocycles. The van der Waals surface area contributed by atoms with Crippen LogP contribution in [0.25, 0.3) is 0 Å². The molecule has 0 saturated heterocycles. The third-order valence-electron chi connectivity index (χ3n) is 4.85. The molecule has 0 aromatic heterocycles. The number of amides is 1. The molecule has 3 aromatic carbocycles. The maximum absolute atomic E-state index is 12.5. The Morgan fingerprint density at radius 2 is 1.50 bits per heavy atom. The number of benzene rings is 3. The summed E-state index contributed by atoms with van der Waals surface area (Å²) < 4.78 is 27.0. The van der Waals surface area contributed by atoms with Gasteiger partial charge in [0.1, 0.15) is 0 Å². The number of rotatable bonds is 7. The molecule has 8 heteroatoms. The van der Waals surface area contributed by atoms with Gasteiger partial charge in [-0.2, -0.15) is 5.10 Å². The number of nitrogens with zero attached hydrogens (tertiary/aromatic N) is 2. The molecule has 0 aliphatic rings. The van der Waals surface area contributed by atoms with E-state index in [4.69, 9.17) is 0 Å². The third kappa shape index (κ3) is 6.27. The number of hydrogen-bond donors (Lipinski definition) is 1. The number of hydrazone groups is 1.